The summed E-state index contributed by atoms with van der Waals surface area (Å²) < 4.78 is 7.24. The Morgan fingerprint density at radius 3 is 3.04 bits per heavy atom. The number of amides is 1. The Balaban J connectivity index is 1.55. The first-order valence-electron chi connectivity index (χ1n) is 7.66. The Labute approximate surface area is 152 Å². The summed E-state index contributed by atoms with van der Waals surface area (Å²) in [6.07, 6.45) is 3.88. The molecule has 1 amide bonds. The van der Waals surface area contributed by atoms with Gasteiger partial charge in [-0.1, -0.05) is 17.8 Å². The number of hydrogen-bond donors (Lipinski definition) is 0. The van der Waals surface area contributed by atoms with Gasteiger partial charge < -0.3 is 8.98 Å². The summed E-state index contributed by atoms with van der Waals surface area (Å²) in [4.78, 5) is 13.9. The number of carbonyl (C=O) groups is 1. The molecule has 7 nitrogen and oxygen atoms in total. The van der Waals surface area contributed by atoms with Crippen molar-refractivity contribution >= 4 is 34.7 Å². The summed E-state index contributed by atoms with van der Waals surface area (Å²) in [5.74, 6) is 0.898. The van der Waals surface area contributed by atoms with E-state index in [1.807, 2.05) is 36.7 Å². The molecule has 9 heteroatoms. The third kappa shape index (κ3) is 3.24. The fraction of sp³-hybridized carbons (Fsp3) is 0.250. The number of rotatable bonds is 5. The van der Waals surface area contributed by atoms with Gasteiger partial charge in [-0.25, -0.2) is 5.01 Å². The zero-order valence-corrected chi connectivity index (χ0v) is 15.0. The van der Waals surface area contributed by atoms with Crippen LogP contribution in [0, 0.1) is 0 Å². The maximum absolute atomic E-state index is 12.8. The highest BCUT2D eigenvalue weighted by molar-refractivity contribution is 7.99. The van der Waals surface area contributed by atoms with Crippen LogP contribution in [-0.4, -0.2) is 37.1 Å². The van der Waals surface area contributed by atoms with E-state index in [4.69, 9.17) is 4.42 Å². The van der Waals surface area contributed by atoms with Crippen LogP contribution < -0.4 is 0 Å². The van der Waals surface area contributed by atoms with Gasteiger partial charge in [-0.2, -0.15) is 5.10 Å². The minimum absolute atomic E-state index is 0.0621. The van der Waals surface area contributed by atoms with Crippen molar-refractivity contribution in [3.8, 4) is 0 Å². The van der Waals surface area contributed by atoms with Crippen molar-refractivity contribution in [2.45, 2.75) is 17.6 Å². The van der Waals surface area contributed by atoms with E-state index in [-0.39, 0.29) is 17.7 Å². The number of hydrogen-bond acceptors (Lipinski definition) is 7. The zero-order chi connectivity index (χ0) is 17.2. The predicted octanol–water partition coefficient (Wildman–Crippen LogP) is 2.94. The van der Waals surface area contributed by atoms with Crippen LogP contribution in [-0.2, 0) is 11.8 Å². The first-order chi connectivity index (χ1) is 12.2. The molecule has 1 atom stereocenters. The summed E-state index contributed by atoms with van der Waals surface area (Å²) in [5.41, 5.74) is 0.792. The molecular formula is C16H15N5O2S2. The molecule has 25 heavy (non-hydrogen) atoms. The van der Waals surface area contributed by atoms with Crippen LogP contribution in [0.5, 0.6) is 0 Å². The molecule has 1 unspecified atom stereocenters. The van der Waals surface area contributed by atoms with Crippen LogP contribution in [0.4, 0.5) is 0 Å². The largest absolute Gasteiger partial charge is 0.463 e. The van der Waals surface area contributed by atoms with E-state index < -0.39 is 0 Å². The van der Waals surface area contributed by atoms with Gasteiger partial charge in [0.25, 0.3) is 5.91 Å². The second kappa shape index (κ2) is 6.85. The van der Waals surface area contributed by atoms with Crippen molar-refractivity contribution < 1.29 is 9.21 Å². The number of hydrazone groups is 1. The first-order valence-corrected chi connectivity index (χ1v) is 9.52. The molecule has 4 rings (SSSR count). The average Bonchev–Trinajstić information content (AvgIpc) is 3.38. The summed E-state index contributed by atoms with van der Waals surface area (Å²) in [7, 11) is 1.85. The SMILES string of the molecule is Cn1cnnc1SCC(=O)N1N=C(c2ccco2)CC1c1cccs1. The minimum Gasteiger partial charge on any atom is -0.463 e. The molecule has 1 aliphatic heterocycles. The van der Waals surface area contributed by atoms with Crippen molar-refractivity contribution in [3.63, 3.8) is 0 Å². The van der Waals surface area contributed by atoms with Crippen molar-refractivity contribution in [1.82, 2.24) is 19.8 Å². The van der Waals surface area contributed by atoms with E-state index in [9.17, 15) is 4.79 Å². The standard InChI is InChI=1S/C16H15N5O2S2/c1-20-10-17-18-16(20)25-9-15(22)21-12(14-5-3-7-24-14)8-11(19-21)13-4-2-6-23-13/h2-7,10,12H,8-9H2,1H3. The Morgan fingerprint density at radius 2 is 2.36 bits per heavy atom. The van der Waals surface area contributed by atoms with Crippen LogP contribution in [0.15, 0.2) is 56.9 Å². The van der Waals surface area contributed by atoms with Crippen molar-refractivity contribution in [3.05, 3.63) is 52.9 Å². The lowest BCUT2D eigenvalue weighted by atomic mass is 10.1. The number of nitrogens with zero attached hydrogens (tertiary/aromatic N) is 5. The van der Waals surface area contributed by atoms with Crippen LogP contribution in [0.25, 0.3) is 0 Å². The molecule has 128 valence electrons. The molecule has 3 aromatic heterocycles. The fourth-order valence-electron chi connectivity index (χ4n) is 2.63. The number of aromatic nitrogens is 3. The number of thiophene rings is 1. The van der Waals surface area contributed by atoms with Crippen molar-refractivity contribution in [1.29, 1.82) is 0 Å². The number of aryl methyl sites for hydroxylation is 1. The van der Waals surface area contributed by atoms with Gasteiger partial charge in [0.05, 0.1) is 18.1 Å². The summed E-state index contributed by atoms with van der Waals surface area (Å²) in [6, 6.07) is 7.63. The highest BCUT2D eigenvalue weighted by atomic mass is 32.2. The van der Waals surface area contributed by atoms with E-state index in [0.717, 1.165) is 10.6 Å². The Bertz CT molecular complexity index is 886. The third-order valence-corrected chi connectivity index (χ3v) is 5.83. The molecule has 0 aromatic carbocycles. The highest BCUT2D eigenvalue weighted by Gasteiger charge is 2.34. The number of thioether (sulfide) groups is 1. The zero-order valence-electron chi connectivity index (χ0n) is 13.4. The van der Waals surface area contributed by atoms with Gasteiger partial charge in [0.15, 0.2) is 5.16 Å². The van der Waals surface area contributed by atoms with Gasteiger partial charge in [0.2, 0.25) is 0 Å². The third-order valence-electron chi connectivity index (χ3n) is 3.84. The van der Waals surface area contributed by atoms with Gasteiger partial charge in [-0.15, -0.1) is 21.5 Å². The molecule has 0 bridgehead atoms. The maximum Gasteiger partial charge on any atom is 0.253 e. The highest BCUT2D eigenvalue weighted by Crippen LogP contribution is 2.35. The van der Waals surface area contributed by atoms with Gasteiger partial charge in [0.1, 0.15) is 17.8 Å². The van der Waals surface area contributed by atoms with Crippen LogP contribution in [0.2, 0.25) is 0 Å². The molecule has 1 aliphatic rings. The smallest absolute Gasteiger partial charge is 0.253 e. The lowest BCUT2D eigenvalue weighted by molar-refractivity contribution is -0.130. The second-order valence-corrected chi connectivity index (χ2v) is 7.43. The van der Waals surface area contributed by atoms with E-state index >= 15 is 0 Å². The Kier molecular flexibility index (Phi) is 4.41. The fourth-order valence-corrected chi connectivity index (χ4v) is 4.18. The van der Waals surface area contributed by atoms with Crippen LogP contribution in [0.3, 0.4) is 0 Å². The molecule has 0 aliphatic carbocycles. The van der Waals surface area contributed by atoms with E-state index in [0.29, 0.717) is 17.3 Å². The van der Waals surface area contributed by atoms with Crippen LogP contribution >= 0.6 is 23.1 Å². The molecule has 0 spiro atoms. The minimum atomic E-state index is -0.0901. The lowest BCUT2D eigenvalue weighted by Crippen LogP contribution is -2.28. The predicted molar refractivity (Wildman–Crippen MR) is 95.5 cm³/mol. The second-order valence-electron chi connectivity index (χ2n) is 5.51. The van der Waals surface area contributed by atoms with E-state index in [1.54, 1.807) is 33.5 Å². The van der Waals surface area contributed by atoms with Gasteiger partial charge >= 0.3 is 0 Å². The average molecular weight is 373 g/mol. The van der Waals surface area contributed by atoms with Gasteiger partial charge in [-0.3, -0.25) is 4.79 Å². The molecule has 0 N–H and O–H groups in total. The number of furan rings is 1. The lowest BCUT2D eigenvalue weighted by Gasteiger charge is -2.20. The molecule has 0 saturated heterocycles. The normalized spacial score (nSPS) is 17.1. The van der Waals surface area contributed by atoms with Gasteiger partial charge in [-0.05, 0) is 23.6 Å². The molecular weight excluding hydrogens is 358 g/mol. The summed E-state index contributed by atoms with van der Waals surface area (Å²) in [6.45, 7) is 0. The summed E-state index contributed by atoms with van der Waals surface area (Å²) >= 11 is 2.98. The Hall–Kier alpha value is -2.39. The molecule has 0 fully saturated rings. The molecule has 0 radical (unpaired) electrons. The van der Waals surface area contributed by atoms with Crippen molar-refractivity contribution in [2.24, 2.45) is 12.1 Å². The topological polar surface area (TPSA) is 76.5 Å². The molecule has 0 saturated carbocycles. The maximum atomic E-state index is 12.8. The van der Waals surface area contributed by atoms with Gasteiger partial charge in [0, 0.05) is 18.3 Å². The quantitative estimate of drug-likeness (QED) is 0.643. The van der Waals surface area contributed by atoms with E-state index in [1.165, 1.54) is 11.8 Å². The molecule has 4 heterocycles. The van der Waals surface area contributed by atoms with E-state index in [2.05, 4.69) is 15.3 Å². The number of carbonyl (C=O) groups excluding carboxylic acids is 1. The van der Waals surface area contributed by atoms with Crippen molar-refractivity contribution in [2.75, 3.05) is 5.75 Å². The molecule has 3 aromatic rings. The monoisotopic (exact) mass is 373 g/mol. The first kappa shape index (κ1) is 16.1. The summed E-state index contributed by atoms with van der Waals surface area (Å²) in [5, 5.41) is 16.7. The van der Waals surface area contributed by atoms with Crippen LogP contribution in [0.1, 0.15) is 23.1 Å². The Morgan fingerprint density at radius 1 is 1.44 bits per heavy atom.